The highest BCUT2D eigenvalue weighted by Gasteiger charge is 2.57. The van der Waals surface area contributed by atoms with Crippen LogP contribution in [0.3, 0.4) is 0 Å². The Hall–Kier alpha value is -7.62. The van der Waals surface area contributed by atoms with Gasteiger partial charge in [-0.2, -0.15) is 0 Å². The normalized spacial score (nSPS) is 14.9. The van der Waals surface area contributed by atoms with E-state index in [2.05, 4.69) is 234 Å². The molecular weight excluding hydrogens is 803 g/mol. The van der Waals surface area contributed by atoms with Crippen molar-refractivity contribution in [3.63, 3.8) is 0 Å². The predicted molar refractivity (Wildman–Crippen MR) is 277 cm³/mol. The van der Waals surface area contributed by atoms with E-state index in [9.17, 15) is 0 Å². The molecule has 3 heteroatoms. The molecule has 0 spiro atoms. The fourth-order valence-electron chi connectivity index (χ4n) is 11.0. The molecule has 0 bridgehead atoms. The first-order valence-corrected chi connectivity index (χ1v) is 23.2. The van der Waals surface area contributed by atoms with Crippen LogP contribution in [0.1, 0.15) is 52.7 Å². The lowest BCUT2D eigenvalue weighted by Crippen LogP contribution is -2.42. The van der Waals surface area contributed by atoms with Crippen molar-refractivity contribution in [2.24, 2.45) is 5.41 Å². The SMILES string of the molecule is CC1(C)c2cc(-c3ccc(N(c4ccc(-c5ccccc5)cc4)c4ccc5c(c4)oc4ccccc45)cc3)c(-c3cccc4c3oc3c(-c5ccccc5)cccc34)cc2C(C)(C)C1(C)C. The van der Waals surface area contributed by atoms with Crippen molar-refractivity contribution in [3.05, 3.63) is 211 Å². The van der Waals surface area contributed by atoms with Gasteiger partial charge < -0.3 is 13.7 Å². The highest BCUT2D eigenvalue weighted by molar-refractivity contribution is 6.14. The lowest BCUT2D eigenvalue weighted by atomic mass is 9.59. The fraction of sp³-hybridized carbons (Fsp3) is 0.143. The third kappa shape index (κ3) is 5.96. The Bertz CT molecular complexity index is 3640. The summed E-state index contributed by atoms with van der Waals surface area (Å²) >= 11 is 0. The van der Waals surface area contributed by atoms with Gasteiger partial charge in [0.1, 0.15) is 22.3 Å². The lowest BCUT2D eigenvalue weighted by Gasteiger charge is -2.44. The molecule has 11 aromatic rings. The maximum atomic E-state index is 7.09. The summed E-state index contributed by atoms with van der Waals surface area (Å²) in [4.78, 5) is 2.34. The highest BCUT2D eigenvalue weighted by atomic mass is 16.3. The average molecular weight is 854 g/mol. The second-order valence-electron chi connectivity index (χ2n) is 19.7. The summed E-state index contributed by atoms with van der Waals surface area (Å²) in [6.07, 6.45) is 0. The summed E-state index contributed by atoms with van der Waals surface area (Å²) in [5.41, 5.74) is 18.6. The van der Waals surface area contributed by atoms with E-state index >= 15 is 0 Å². The molecule has 0 radical (unpaired) electrons. The zero-order valence-corrected chi connectivity index (χ0v) is 38.3. The number of para-hydroxylation sites is 3. The maximum Gasteiger partial charge on any atom is 0.143 e. The molecule has 9 aromatic carbocycles. The monoisotopic (exact) mass is 853 g/mol. The summed E-state index contributed by atoms with van der Waals surface area (Å²) in [5, 5.41) is 4.48. The fourth-order valence-corrected chi connectivity index (χ4v) is 11.0. The zero-order chi connectivity index (χ0) is 45.0. The Morgan fingerprint density at radius 1 is 0.318 bits per heavy atom. The topological polar surface area (TPSA) is 29.5 Å². The van der Waals surface area contributed by atoms with Crippen LogP contribution in [0, 0.1) is 5.41 Å². The summed E-state index contributed by atoms with van der Waals surface area (Å²) in [6.45, 7) is 14.6. The van der Waals surface area contributed by atoms with Gasteiger partial charge in [-0.25, -0.2) is 0 Å². The minimum atomic E-state index is -0.0806. The largest absolute Gasteiger partial charge is 0.456 e. The quantitative estimate of drug-likeness (QED) is 0.160. The summed E-state index contributed by atoms with van der Waals surface area (Å²) in [6, 6.07) is 72.2. The number of fused-ring (bicyclic) bond motifs is 7. The molecule has 0 atom stereocenters. The van der Waals surface area contributed by atoms with Crippen molar-refractivity contribution in [1.82, 2.24) is 0 Å². The predicted octanol–water partition coefficient (Wildman–Crippen LogP) is 18.2. The van der Waals surface area contributed by atoms with Crippen LogP contribution in [0.25, 0.3) is 88.4 Å². The molecular formula is C63H51NO2. The number of hydrogen-bond acceptors (Lipinski definition) is 3. The molecule has 1 aliphatic rings. The van der Waals surface area contributed by atoms with Gasteiger partial charge in [0.15, 0.2) is 0 Å². The van der Waals surface area contributed by atoms with E-state index in [1.807, 2.05) is 12.1 Å². The van der Waals surface area contributed by atoms with Crippen LogP contribution in [0.15, 0.2) is 209 Å². The Labute approximate surface area is 386 Å². The van der Waals surface area contributed by atoms with Gasteiger partial charge in [-0.05, 0) is 115 Å². The molecule has 0 fully saturated rings. The molecule has 320 valence electrons. The smallest absolute Gasteiger partial charge is 0.143 e. The van der Waals surface area contributed by atoms with E-state index in [1.54, 1.807) is 0 Å². The molecule has 0 aliphatic heterocycles. The van der Waals surface area contributed by atoms with Gasteiger partial charge in [-0.15, -0.1) is 0 Å². The standard InChI is InChI=1S/C63H51NO2/c1-61(2)55-38-53(54(39-56(55)62(3,4)63(61,5)6)52-25-16-24-51-50-23-15-22-47(59(50)66-60(51)52)42-19-11-8-12-20-42)43-29-33-45(34-30-43)64(44-31-27-41(28-32-44)40-17-9-7-10-18-40)46-35-36-49-48-21-13-14-26-57(48)65-58(49)37-46/h7-39H,1-6H3. The van der Waals surface area contributed by atoms with E-state index in [1.165, 1.54) is 33.4 Å². The summed E-state index contributed by atoms with van der Waals surface area (Å²) < 4.78 is 13.5. The van der Waals surface area contributed by atoms with Crippen LogP contribution in [0.4, 0.5) is 17.1 Å². The molecule has 1 aliphatic carbocycles. The van der Waals surface area contributed by atoms with Crippen molar-refractivity contribution >= 4 is 60.9 Å². The number of hydrogen-bond donors (Lipinski definition) is 0. The van der Waals surface area contributed by atoms with Crippen molar-refractivity contribution in [2.75, 3.05) is 4.90 Å². The van der Waals surface area contributed by atoms with Crippen LogP contribution in [0.5, 0.6) is 0 Å². The molecule has 3 nitrogen and oxygen atoms in total. The van der Waals surface area contributed by atoms with Crippen LogP contribution >= 0.6 is 0 Å². The second-order valence-corrected chi connectivity index (χ2v) is 19.7. The molecule has 66 heavy (non-hydrogen) atoms. The van der Waals surface area contributed by atoms with Crippen LogP contribution in [-0.2, 0) is 10.8 Å². The molecule has 0 saturated heterocycles. The van der Waals surface area contributed by atoms with Gasteiger partial charge in [-0.1, -0.05) is 181 Å². The second kappa shape index (κ2) is 14.7. The zero-order valence-electron chi connectivity index (χ0n) is 38.3. The van der Waals surface area contributed by atoms with Gasteiger partial charge in [0, 0.05) is 55.8 Å². The van der Waals surface area contributed by atoms with E-state index in [0.29, 0.717) is 0 Å². The number of nitrogens with zero attached hydrogens (tertiary/aromatic N) is 1. The van der Waals surface area contributed by atoms with Gasteiger partial charge >= 0.3 is 0 Å². The molecule has 0 amide bonds. The number of furan rings is 2. The first-order chi connectivity index (χ1) is 32.0. The first-order valence-electron chi connectivity index (χ1n) is 23.2. The van der Waals surface area contributed by atoms with Gasteiger partial charge in [-0.3, -0.25) is 0 Å². The van der Waals surface area contributed by atoms with E-state index in [0.717, 1.165) is 83.2 Å². The average Bonchev–Trinajstić information content (AvgIpc) is 3.95. The first kappa shape index (κ1) is 39.9. The van der Waals surface area contributed by atoms with Crippen LogP contribution in [-0.4, -0.2) is 0 Å². The number of anilines is 3. The van der Waals surface area contributed by atoms with Crippen molar-refractivity contribution < 1.29 is 8.83 Å². The molecule has 0 unspecified atom stereocenters. The van der Waals surface area contributed by atoms with Gasteiger partial charge in [0.05, 0.1) is 0 Å². The van der Waals surface area contributed by atoms with E-state index in [4.69, 9.17) is 8.83 Å². The summed E-state index contributed by atoms with van der Waals surface area (Å²) in [7, 11) is 0. The van der Waals surface area contributed by atoms with Crippen LogP contribution < -0.4 is 4.90 Å². The molecule has 0 N–H and O–H groups in total. The molecule has 2 aromatic heterocycles. The van der Waals surface area contributed by atoms with Gasteiger partial charge in [0.25, 0.3) is 0 Å². The Kier molecular flexibility index (Phi) is 8.90. The lowest BCUT2D eigenvalue weighted by molar-refractivity contribution is 0.125. The van der Waals surface area contributed by atoms with E-state index < -0.39 is 0 Å². The number of rotatable bonds is 7. The minimum absolute atomic E-state index is 0.00442. The third-order valence-electron chi connectivity index (χ3n) is 15.8. The Balaban J connectivity index is 1.04. The Morgan fingerprint density at radius 2 is 0.788 bits per heavy atom. The molecule has 2 heterocycles. The van der Waals surface area contributed by atoms with Crippen molar-refractivity contribution in [1.29, 1.82) is 0 Å². The van der Waals surface area contributed by atoms with Gasteiger partial charge in [0.2, 0.25) is 0 Å². The maximum absolute atomic E-state index is 7.09. The highest BCUT2D eigenvalue weighted by Crippen LogP contribution is 2.63. The third-order valence-corrected chi connectivity index (χ3v) is 15.8. The minimum Gasteiger partial charge on any atom is -0.456 e. The van der Waals surface area contributed by atoms with E-state index in [-0.39, 0.29) is 16.2 Å². The van der Waals surface area contributed by atoms with Crippen molar-refractivity contribution in [2.45, 2.75) is 52.4 Å². The summed E-state index contributed by atoms with van der Waals surface area (Å²) in [5.74, 6) is 0. The Morgan fingerprint density at radius 3 is 1.44 bits per heavy atom. The number of benzene rings is 9. The molecule has 12 rings (SSSR count). The van der Waals surface area contributed by atoms with Crippen molar-refractivity contribution in [3.8, 4) is 44.5 Å². The molecule has 0 saturated carbocycles. The van der Waals surface area contributed by atoms with Crippen LogP contribution in [0.2, 0.25) is 0 Å².